The fraction of sp³-hybridized carbons (Fsp3) is 0.833. The number of piperidine rings is 1. The van der Waals surface area contributed by atoms with Gasteiger partial charge in [-0.25, -0.2) is 0 Å². The SMILES string of the molecule is CCC1(CO)CCN(CC(=O)NCC#N)CC1. The van der Waals surface area contributed by atoms with E-state index in [-0.39, 0.29) is 24.5 Å². The number of aliphatic hydroxyl groups excluding tert-OH is 1. The number of amides is 1. The number of carbonyl (C=O) groups is 1. The van der Waals surface area contributed by atoms with Crippen LogP contribution in [0.2, 0.25) is 0 Å². The fourth-order valence-electron chi connectivity index (χ4n) is 2.21. The molecule has 2 N–H and O–H groups in total. The summed E-state index contributed by atoms with van der Waals surface area (Å²) in [5, 5.41) is 20.3. The van der Waals surface area contributed by atoms with Crippen molar-refractivity contribution in [1.29, 1.82) is 5.26 Å². The number of aliphatic hydroxyl groups is 1. The van der Waals surface area contributed by atoms with Crippen LogP contribution in [0.4, 0.5) is 0 Å². The predicted octanol–water partition coefficient (Wildman–Crippen LogP) is 0.111. The predicted molar refractivity (Wildman–Crippen MR) is 64.1 cm³/mol. The molecule has 0 aromatic carbocycles. The smallest absolute Gasteiger partial charge is 0.235 e. The molecule has 1 heterocycles. The zero-order valence-electron chi connectivity index (χ0n) is 10.4. The number of rotatable bonds is 5. The van der Waals surface area contributed by atoms with Crippen molar-refractivity contribution in [1.82, 2.24) is 10.2 Å². The van der Waals surface area contributed by atoms with Crippen molar-refractivity contribution in [3.63, 3.8) is 0 Å². The van der Waals surface area contributed by atoms with Gasteiger partial charge in [-0.2, -0.15) is 5.26 Å². The largest absolute Gasteiger partial charge is 0.396 e. The molecule has 1 rings (SSSR count). The topological polar surface area (TPSA) is 76.4 Å². The monoisotopic (exact) mass is 239 g/mol. The molecule has 17 heavy (non-hydrogen) atoms. The fourth-order valence-corrected chi connectivity index (χ4v) is 2.21. The first-order chi connectivity index (χ1) is 8.15. The first-order valence-electron chi connectivity index (χ1n) is 6.12. The van der Waals surface area contributed by atoms with E-state index in [1.807, 2.05) is 6.07 Å². The first kappa shape index (κ1) is 13.9. The normalized spacial score (nSPS) is 19.6. The van der Waals surface area contributed by atoms with E-state index in [0.29, 0.717) is 6.54 Å². The molecule has 0 aliphatic carbocycles. The van der Waals surface area contributed by atoms with Crippen LogP contribution in [0.3, 0.4) is 0 Å². The van der Waals surface area contributed by atoms with Gasteiger partial charge in [-0.05, 0) is 37.8 Å². The van der Waals surface area contributed by atoms with Crippen molar-refractivity contribution in [2.45, 2.75) is 26.2 Å². The summed E-state index contributed by atoms with van der Waals surface area (Å²) in [5.74, 6) is -0.0976. The second kappa shape index (κ2) is 6.58. The van der Waals surface area contributed by atoms with Crippen LogP contribution >= 0.6 is 0 Å². The van der Waals surface area contributed by atoms with Crippen LogP contribution in [-0.2, 0) is 4.79 Å². The highest BCUT2D eigenvalue weighted by atomic mass is 16.3. The molecule has 1 aliphatic rings. The van der Waals surface area contributed by atoms with Crippen LogP contribution in [-0.4, -0.2) is 48.7 Å². The molecular formula is C12H21N3O2. The van der Waals surface area contributed by atoms with Gasteiger partial charge in [-0.15, -0.1) is 0 Å². The number of likely N-dealkylation sites (tertiary alicyclic amines) is 1. The molecular weight excluding hydrogens is 218 g/mol. The Kier molecular flexibility index (Phi) is 5.39. The molecule has 0 atom stereocenters. The van der Waals surface area contributed by atoms with Gasteiger partial charge in [-0.3, -0.25) is 9.69 Å². The molecule has 0 spiro atoms. The van der Waals surface area contributed by atoms with Gasteiger partial charge in [0.15, 0.2) is 0 Å². The zero-order chi connectivity index (χ0) is 12.7. The van der Waals surface area contributed by atoms with Crippen LogP contribution in [0.15, 0.2) is 0 Å². The van der Waals surface area contributed by atoms with Crippen LogP contribution in [0.1, 0.15) is 26.2 Å². The standard InChI is InChI=1S/C12H21N3O2/c1-2-12(10-16)3-7-15(8-4-12)9-11(17)14-6-5-13/h16H,2-4,6-10H2,1H3,(H,14,17). The maximum absolute atomic E-state index is 11.4. The molecule has 0 radical (unpaired) electrons. The lowest BCUT2D eigenvalue weighted by Gasteiger charge is -2.39. The van der Waals surface area contributed by atoms with E-state index >= 15 is 0 Å². The van der Waals surface area contributed by atoms with E-state index in [9.17, 15) is 9.90 Å². The Bertz CT molecular complexity index is 285. The number of nitrogens with zero attached hydrogens (tertiary/aromatic N) is 2. The van der Waals surface area contributed by atoms with Gasteiger partial charge in [0.1, 0.15) is 6.54 Å². The summed E-state index contributed by atoms with van der Waals surface area (Å²) in [4.78, 5) is 13.5. The average Bonchev–Trinajstić information content (AvgIpc) is 2.38. The molecule has 0 saturated carbocycles. The van der Waals surface area contributed by atoms with Gasteiger partial charge in [0.05, 0.1) is 12.6 Å². The summed E-state index contributed by atoms with van der Waals surface area (Å²) in [6.07, 6.45) is 2.86. The second-order valence-corrected chi connectivity index (χ2v) is 4.72. The van der Waals surface area contributed by atoms with Crippen LogP contribution in [0.5, 0.6) is 0 Å². The molecule has 1 fully saturated rings. The Morgan fingerprint density at radius 2 is 2.18 bits per heavy atom. The Morgan fingerprint density at radius 1 is 1.53 bits per heavy atom. The van der Waals surface area contributed by atoms with Gasteiger partial charge in [0, 0.05) is 6.61 Å². The minimum atomic E-state index is -0.0976. The quantitative estimate of drug-likeness (QED) is 0.668. The molecule has 1 amide bonds. The molecule has 0 unspecified atom stereocenters. The lowest BCUT2D eigenvalue weighted by molar-refractivity contribution is -0.122. The average molecular weight is 239 g/mol. The van der Waals surface area contributed by atoms with Crippen LogP contribution < -0.4 is 5.32 Å². The lowest BCUT2D eigenvalue weighted by atomic mass is 9.77. The highest BCUT2D eigenvalue weighted by molar-refractivity contribution is 5.78. The van der Waals surface area contributed by atoms with E-state index in [2.05, 4.69) is 17.1 Å². The van der Waals surface area contributed by atoms with Gasteiger partial charge in [0.2, 0.25) is 5.91 Å². The molecule has 5 nitrogen and oxygen atoms in total. The third-order valence-electron chi connectivity index (χ3n) is 3.73. The van der Waals surface area contributed by atoms with Gasteiger partial charge < -0.3 is 10.4 Å². The van der Waals surface area contributed by atoms with Crippen molar-refractivity contribution < 1.29 is 9.90 Å². The molecule has 0 aromatic rings. The Balaban J connectivity index is 2.32. The number of hydrogen-bond acceptors (Lipinski definition) is 4. The summed E-state index contributed by atoms with van der Waals surface area (Å²) in [6, 6.07) is 1.88. The van der Waals surface area contributed by atoms with Crippen molar-refractivity contribution >= 4 is 5.91 Å². The van der Waals surface area contributed by atoms with Crippen LogP contribution in [0, 0.1) is 16.7 Å². The summed E-state index contributed by atoms with van der Waals surface area (Å²) in [5.41, 5.74) is 0.0552. The van der Waals surface area contributed by atoms with E-state index < -0.39 is 0 Å². The number of hydrogen-bond donors (Lipinski definition) is 2. The van der Waals surface area contributed by atoms with Crippen LogP contribution in [0.25, 0.3) is 0 Å². The van der Waals surface area contributed by atoms with Gasteiger partial charge in [-0.1, -0.05) is 6.92 Å². The third kappa shape index (κ3) is 3.99. The number of carbonyl (C=O) groups excluding carboxylic acids is 1. The maximum atomic E-state index is 11.4. The minimum Gasteiger partial charge on any atom is -0.396 e. The van der Waals surface area contributed by atoms with Crippen molar-refractivity contribution in [3.8, 4) is 6.07 Å². The Hall–Kier alpha value is -1.12. The molecule has 5 heteroatoms. The third-order valence-corrected chi connectivity index (χ3v) is 3.73. The molecule has 96 valence electrons. The lowest BCUT2D eigenvalue weighted by Crippen LogP contribution is -2.45. The summed E-state index contributed by atoms with van der Waals surface area (Å²) in [7, 11) is 0. The van der Waals surface area contributed by atoms with E-state index in [4.69, 9.17) is 5.26 Å². The Morgan fingerprint density at radius 3 is 2.65 bits per heavy atom. The zero-order valence-corrected chi connectivity index (χ0v) is 10.4. The molecule has 0 bridgehead atoms. The van der Waals surface area contributed by atoms with E-state index in [0.717, 1.165) is 32.4 Å². The van der Waals surface area contributed by atoms with Gasteiger partial charge in [0.25, 0.3) is 0 Å². The second-order valence-electron chi connectivity index (χ2n) is 4.72. The number of nitrogens with one attached hydrogen (secondary N) is 1. The summed E-state index contributed by atoms with van der Waals surface area (Å²) < 4.78 is 0. The number of nitriles is 1. The highest BCUT2D eigenvalue weighted by Crippen LogP contribution is 2.33. The highest BCUT2D eigenvalue weighted by Gasteiger charge is 2.32. The maximum Gasteiger partial charge on any atom is 0.235 e. The van der Waals surface area contributed by atoms with E-state index in [1.54, 1.807) is 0 Å². The molecule has 0 aromatic heterocycles. The van der Waals surface area contributed by atoms with Crippen molar-refractivity contribution in [3.05, 3.63) is 0 Å². The van der Waals surface area contributed by atoms with Crippen molar-refractivity contribution in [2.75, 3.05) is 32.8 Å². The molecule has 1 aliphatic heterocycles. The summed E-state index contributed by atoms with van der Waals surface area (Å²) in [6.45, 7) is 4.45. The van der Waals surface area contributed by atoms with Crippen molar-refractivity contribution in [2.24, 2.45) is 5.41 Å². The van der Waals surface area contributed by atoms with E-state index in [1.165, 1.54) is 0 Å². The van der Waals surface area contributed by atoms with Gasteiger partial charge >= 0.3 is 0 Å². The Labute approximate surface area is 102 Å². The molecule has 1 saturated heterocycles. The first-order valence-corrected chi connectivity index (χ1v) is 6.12. The summed E-state index contributed by atoms with van der Waals surface area (Å²) >= 11 is 0. The minimum absolute atomic E-state index is 0.0552.